The van der Waals surface area contributed by atoms with Crippen molar-refractivity contribution in [3.05, 3.63) is 113 Å². The molecule has 0 bridgehead atoms. The van der Waals surface area contributed by atoms with Gasteiger partial charge in [0.25, 0.3) is 0 Å². The van der Waals surface area contributed by atoms with E-state index in [0.717, 1.165) is 11.1 Å². The van der Waals surface area contributed by atoms with Crippen LogP contribution in [0.3, 0.4) is 0 Å². The maximum atomic E-state index is 12.7. The molecule has 0 unspecified atom stereocenters. The van der Waals surface area contributed by atoms with Crippen molar-refractivity contribution in [1.82, 2.24) is 0 Å². The molecule has 4 rings (SSSR count). The third-order valence-corrected chi connectivity index (χ3v) is 4.27. The van der Waals surface area contributed by atoms with Gasteiger partial charge in [-0.25, -0.2) is 0 Å². The van der Waals surface area contributed by atoms with Gasteiger partial charge in [-0.15, -0.1) is 0 Å². The normalized spacial score (nSPS) is 12.5. The summed E-state index contributed by atoms with van der Waals surface area (Å²) >= 11 is 0. The first-order valence-corrected chi connectivity index (χ1v) is 8.55. The number of hydrogen-bond acceptors (Lipinski definition) is 3. The van der Waals surface area contributed by atoms with E-state index in [0.29, 0.717) is 16.8 Å². The largest absolute Gasteiger partial charge is 0.351 e. The zero-order valence-corrected chi connectivity index (χ0v) is 14.4. The molecule has 27 heavy (non-hydrogen) atoms. The number of allylic oxidation sites excluding steroid dienone is 2. The number of ketones is 2. The lowest BCUT2D eigenvalue weighted by Gasteiger charge is -2.17. The van der Waals surface area contributed by atoms with E-state index in [2.05, 4.69) is 17.2 Å². The van der Waals surface area contributed by atoms with Gasteiger partial charge in [0.2, 0.25) is 5.78 Å². The van der Waals surface area contributed by atoms with Crippen LogP contribution in [0, 0.1) is 11.8 Å². The molecule has 128 valence electrons. The monoisotopic (exact) mass is 349 g/mol. The predicted octanol–water partition coefficient (Wildman–Crippen LogP) is 4.46. The first kappa shape index (κ1) is 16.6. The minimum atomic E-state index is -0.198. The van der Waals surface area contributed by atoms with Crippen LogP contribution in [-0.2, 0) is 0 Å². The highest BCUT2D eigenvalue weighted by molar-refractivity contribution is 6.25. The fraction of sp³-hybridized carbons (Fsp3) is 0. The summed E-state index contributed by atoms with van der Waals surface area (Å²) in [5, 5.41) is 3.10. The molecule has 1 N–H and O–H groups in total. The highest BCUT2D eigenvalue weighted by Gasteiger charge is 2.25. The van der Waals surface area contributed by atoms with Crippen molar-refractivity contribution in [1.29, 1.82) is 0 Å². The molecule has 3 aromatic rings. The average Bonchev–Trinajstić information content (AvgIpc) is 2.72. The minimum absolute atomic E-state index is 0.180. The highest BCUT2D eigenvalue weighted by atomic mass is 16.1. The van der Waals surface area contributed by atoms with Gasteiger partial charge in [0.05, 0.1) is 11.4 Å². The summed E-state index contributed by atoms with van der Waals surface area (Å²) in [6, 6.07) is 24.0. The number of nitrogens with one attached hydrogen (secondary N) is 1. The third kappa shape index (κ3) is 3.42. The summed E-state index contributed by atoms with van der Waals surface area (Å²) < 4.78 is 0. The Morgan fingerprint density at radius 3 is 2.15 bits per heavy atom. The lowest BCUT2D eigenvalue weighted by Crippen LogP contribution is -2.21. The summed E-state index contributed by atoms with van der Waals surface area (Å²) in [6.45, 7) is 0. The number of anilines is 1. The van der Waals surface area contributed by atoms with Crippen LogP contribution in [-0.4, -0.2) is 11.6 Å². The van der Waals surface area contributed by atoms with Crippen LogP contribution >= 0.6 is 0 Å². The van der Waals surface area contributed by atoms with Gasteiger partial charge in [-0.1, -0.05) is 66.4 Å². The zero-order chi connectivity index (χ0) is 18.6. The number of hydrogen-bond donors (Lipinski definition) is 1. The smallest absolute Gasteiger partial charge is 0.210 e. The Bertz CT molecular complexity index is 1130. The highest BCUT2D eigenvalue weighted by Crippen LogP contribution is 2.24. The van der Waals surface area contributed by atoms with Gasteiger partial charge >= 0.3 is 0 Å². The third-order valence-electron chi connectivity index (χ3n) is 4.27. The van der Waals surface area contributed by atoms with Crippen molar-refractivity contribution in [2.45, 2.75) is 0 Å². The Kier molecular flexibility index (Phi) is 4.38. The van der Waals surface area contributed by atoms with Crippen molar-refractivity contribution in [3.8, 4) is 11.8 Å². The molecule has 0 heterocycles. The molecule has 0 radical (unpaired) electrons. The Morgan fingerprint density at radius 1 is 0.667 bits per heavy atom. The van der Waals surface area contributed by atoms with E-state index in [1.165, 1.54) is 6.08 Å². The van der Waals surface area contributed by atoms with Crippen LogP contribution in [0.1, 0.15) is 31.8 Å². The van der Waals surface area contributed by atoms with E-state index < -0.39 is 0 Å². The molecule has 1 aliphatic rings. The van der Waals surface area contributed by atoms with Gasteiger partial charge in [0.1, 0.15) is 0 Å². The number of Topliss-reactive ketones (excluding diaryl/α,β-unsaturated/α-hetero) is 1. The Morgan fingerprint density at radius 2 is 1.33 bits per heavy atom. The molecule has 3 heteroatoms. The Labute approximate surface area is 157 Å². The van der Waals surface area contributed by atoms with Crippen molar-refractivity contribution in [2.24, 2.45) is 0 Å². The van der Waals surface area contributed by atoms with Crippen LogP contribution in [0.2, 0.25) is 0 Å². The summed E-state index contributed by atoms with van der Waals surface area (Å²) in [5.74, 6) is 5.86. The number of para-hydroxylation sites is 1. The first-order valence-electron chi connectivity index (χ1n) is 8.55. The topological polar surface area (TPSA) is 46.2 Å². The van der Waals surface area contributed by atoms with E-state index in [1.807, 2.05) is 54.6 Å². The van der Waals surface area contributed by atoms with Gasteiger partial charge in [-0.3, -0.25) is 9.59 Å². The van der Waals surface area contributed by atoms with Crippen LogP contribution in [0.25, 0.3) is 0 Å². The van der Waals surface area contributed by atoms with Crippen molar-refractivity contribution >= 4 is 17.3 Å². The Hall–Kier alpha value is -3.90. The first-order chi connectivity index (χ1) is 13.2. The van der Waals surface area contributed by atoms with Gasteiger partial charge in [0.15, 0.2) is 5.78 Å². The number of carbonyl (C=O) groups is 2. The SMILES string of the molecule is O=C1C=C(Nc2ccccc2C#Cc2ccccc2)C(=O)c2ccccc21. The van der Waals surface area contributed by atoms with E-state index >= 15 is 0 Å². The van der Waals surface area contributed by atoms with Gasteiger partial charge in [-0.05, 0) is 24.3 Å². The molecule has 3 aromatic carbocycles. The lowest BCUT2D eigenvalue weighted by molar-refractivity contribution is 0.0985. The number of fused-ring (bicyclic) bond motifs is 1. The number of benzene rings is 3. The fourth-order valence-electron chi connectivity index (χ4n) is 2.92. The van der Waals surface area contributed by atoms with Crippen molar-refractivity contribution < 1.29 is 9.59 Å². The second-order valence-electron chi connectivity index (χ2n) is 6.08. The molecular weight excluding hydrogens is 334 g/mol. The quantitative estimate of drug-likeness (QED) is 0.695. The van der Waals surface area contributed by atoms with Gasteiger partial charge in [0, 0.05) is 28.3 Å². The molecule has 0 saturated heterocycles. The Balaban J connectivity index is 1.66. The van der Waals surface area contributed by atoms with Crippen LogP contribution in [0.4, 0.5) is 5.69 Å². The standard InChI is InChI=1S/C24H15NO2/c26-23-16-22(24(27)20-12-6-5-11-19(20)23)25-21-13-7-4-10-18(21)15-14-17-8-2-1-3-9-17/h1-13,16,25H. The second kappa shape index (κ2) is 7.15. The summed E-state index contributed by atoms with van der Waals surface area (Å²) in [4.78, 5) is 25.1. The van der Waals surface area contributed by atoms with E-state index in [4.69, 9.17) is 0 Å². The van der Waals surface area contributed by atoms with E-state index in [-0.39, 0.29) is 17.3 Å². The summed E-state index contributed by atoms with van der Waals surface area (Å²) in [5.41, 5.74) is 3.46. The van der Waals surface area contributed by atoms with Crippen LogP contribution < -0.4 is 5.32 Å². The van der Waals surface area contributed by atoms with Crippen LogP contribution in [0.15, 0.2) is 90.6 Å². The zero-order valence-electron chi connectivity index (χ0n) is 14.4. The minimum Gasteiger partial charge on any atom is -0.351 e. The molecular formula is C24H15NO2. The summed E-state index contributed by atoms with van der Waals surface area (Å²) in [7, 11) is 0. The fourth-order valence-corrected chi connectivity index (χ4v) is 2.92. The molecule has 0 amide bonds. The second-order valence-corrected chi connectivity index (χ2v) is 6.08. The lowest BCUT2D eigenvalue weighted by atomic mass is 9.92. The molecule has 0 atom stereocenters. The predicted molar refractivity (Wildman–Crippen MR) is 106 cm³/mol. The molecule has 1 aliphatic carbocycles. The number of rotatable bonds is 2. The summed E-state index contributed by atoms with van der Waals surface area (Å²) in [6.07, 6.45) is 1.35. The van der Waals surface area contributed by atoms with Crippen molar-refractivity contribution in [3.63, 3.8) is 0 Å². The molecule has 0 aliphatic heterocycles. The van der Waals surface area contributed by atoms with E-state index in [1.54, 1.807) is 24.3 Å². The van der Waals surface area contributed by atoms with Crippen LogP contribution in [0.5, 0.6) is 0 Å². The van der Waals surface area contributed by atoms with Gasteiger partial charge < -0.3 is 5.32 Å². The average molecular weight is 349 g/mol. The maximum absolute atomic E-state index is 12.7. The molecule has 3 nitrogen and oxygen atoms in total. The molecule has 0 fully saturated rings. The van der Waals surface area contributed by atoms with Crippen molar-refractivity contribution in [2.75, 3.05) is 5.32 Å². The number of carbonyl (C=O) groups excluding carboxylic acids is 2. The molecule has 0 aromatic heterocycles. The maximum Gasteiger partial charge on any atom is 0.210 e. The van der Waals surface area contributed by atoms with Gasteiger partial charge in [-0.2, -0.15) is 0 Å². The molecule has 0 spiro atoms. The molecule has 0 saturated carbocycles. The van der Waals surface area contributed by atoms with E-state index in [9.17, 15) is 9.59 Å².